The first kappa shape index (κ1) is 35.9. The van der Waals surface area contributed by atoms with Crippen LogP contribution < -0.4 is 29.7 Å². The minimum absolute atomic E-state index is 0.118. The summed E-state index contributed by atoms with van der Waals surface area (Å²) in [7, 11) is 1.55. The molecular weight excluding hydrogens is 616 g/mol. The number of piperidine rings is 1. The fourth-order valence-electron chi connectivity index (χ4n) is 5.64. The monoisotopic (exact) mass is 664 g/mol. The van der Waals surface area contributed by atoms with Gasteiger partial charge in [0, 0.05) is 48.7 Å². The zero-order valence-corrected chi connectivity index (χ0v) is 29.1. The minimum atomic E-state index is -0.264. The van der Waals surface area contributed by atoms with Gasteiger partial charge in [-0.2, -0.15) is 0 Å². The van der Waals surface area contributed by atoms with Gasteiger partial charge in [0.05, 0.1) is 12.1 Å². The molecule has 2 N–H and O–H groups in total. The zero-order valence-electron chi connectivity index (χ0n) is 28.3. The number of methoxy groups -OCH3 is 1. The Kier molecular flexibility index (Phi) is 13.6. The number of unbranched alkanes of at least 4 members (excludes halogenated alkanes) is 1. The lowest BCUT2D eigenvalue weighted by molar-refractivity contribution is 0.0985. The van der Waals surface area contributed by atoms with Gasteiger partial charge >= 0.3 is 6.03 Å². The summed E-state index contributed by atoms with van der Waals surface area (Å²) in [5.41, 5.74) is 1.81. The first-order valence-corrected chi connectivity index (χ1v) is 17.2. The summed E-state index contributed by atoms with van der Waals surface area (Å²) in [6, 6.07) is 17.6. The molecule has 254 valence electrons. The van der Waals surface area contributed by atoms with Crippen molar-refractivity contribution in [1.82, 2.24) is 10.2 Å². The molecule has 3 aromatic rings. The molecule has 0 bridgehead atoms. The van der Waals surface area contributed by atoms with Gasteiger partial charge in [-0.15, -0.1) is 0 Å². The Hall–Kier alpha value is -3.95. The molecule has 1 fully saturated rings. The Labute approximate surface area is 284 Å². The second-order valence-corrected chi connectivity index (χ2v) is 12.2. The molecule has 0 aliphatic carbocycles. The van der Waals surface area contributed by atoms with Crippen LogP contribution in [0.25, 0.3) is 0 Å². The number of carbonyl (C=O) groups excluding carboxylic acids is 2. The SMILES string of the molecule is CCCCN1CCC(Oc2ccc(C(=O)N(CC)c3ccc(Oc4ccc(NC(=O)NC(CC)CC)cc4OC)cc3)cc2Cl)CC1. The van der Waals surface area contributed by atoms with Gasteiger partial charge in [-0.05, 0) is 100 Å². The van der Waals surface area contributed by atoms with E-state index < -0.39 is 0 Å². The van der Waals surface area contributed by atoms with Crippen LogP contribution in [0.4, 0.5) is 16.2 Å². The Morgan fingerprint density at radius 3 is 2.26 bits per heavy atom. The van der Waals surface area contributed by atoms with Crippen molar-refractivity contribution < 1.29 is 23.8 Å². The second kappa shape index (κ2) is 17.8. The quantitative estimate of drug-likeness (QED) is 0.169. The van der Waals surface area contributed by atoms with Crippen LogP contribution in [0.1, 0.15) is 76.6 Å². The fraction of sp³-hybridized carbons (Fsp3) is 0.459. The molecule has 4 rings (SSSR count). The highest BCUT2D eigenvalue weighted by molar-refractivity contribution is 6.32. The molecule has 3 aromatic carbocycles. The highest BCUT2D eigenvalue weighted by atomic mass is 35.5. The molecule has 0 atom stereocenters. The topological polar surface area (TPSA) is 92.4 Å². The molecule has 10 heteroatoms. The number of benzene rings is 3. The number of amides is 3. The van der Waals surface area contributed by atoms with Crippen molar-refractivity contribution in [3.8, 4) is 23.0 Å². The van der Waals surface area contributed by atoms with Crippen LogP contribution in [0.5, 0.6) is 23.0 Å². The van der Waals surface area contributed by atoms with Gasteiger partial charge in [0.2, 0.25) is 0 Å². The summed E-state index contributed by atoms with van der Waals surface area (Å²) >= 11 is 6.62. The number of nitrogens with one attached hydrogen (secondary N) is 2. The van der Waals surface area contributed by atoms with Gasteiger partial charge in [-0.25, -0.2) is 4.79 Å². The molecule has 0 aromatic heterocycles. The van der Waals surface area contributed by atoms with Crippen LogP contribution >= 0.6 is 11.6 Å². The summed E-state index contributed by atoms with van der Waals surface area (Å²) in [4.78, 5) is 30.1. The number of carbonyl (C=O) groups is 2. The van der Waals surface area contributed by atoms with Gasteiger partial charge in [0.15, 0.2) is 11.5 Å². The summed E-state index contributed by atoms with van der Waals surface area (Å²) < 4.78 is 17.9. The van der Waals surface area contributed by atoms with E-state index in [9.17, 15) is 9.59 Å². The lowest BCUT2D eigenvalue weighted by Gasteiger charge is -2.32. The normalized spacial score (nSPS) is 13.7. The molecule has 0 radical (unpaired) electrons. The average molecular weight is 665 g/mol. The fourth-order valence-corrected chi connectivity index (χ4v) is 5.86. The first-order valence-electron chi connectivity index (χ1n) is 16.8. The van der Waals surface area contributed by atoms with Gasteiger partial charge < -0.3 is 34.6 Å². The highest BCUT2D eigenvalue weighted by Crippen LogP contribution is 2.35. The Bertz CT molecular complexity index is 1460. The van der Waals surface area contributed by atoms with Crippen LogP contribution in [0.2, 0.25) is 5.02 Å². The molecule has 1 saturated heterocycles. The summed E-state index contributed by atoms with van der Waals surface area (Å²) in [6.45, 7) is 11.9. The lowest BCUT2D eigenvalue weighted by Crippen LogP contribution is -2.38. The van der Waals surface area contributed by atoms with Crippen molar-refractivity contribution >= 4 is 34.9 Å². The molecule has 3 amide bonds. The second-order valence-electron chi connectivity index (χ2n) is 11.8. The molecule has 47 heavy (non-hydrogen) atoms. The molecule has 1 aliphatic heterocycles. The van der Waals surface area contributed by atoms with E-state index in [1.807, 2.05) is 32.9 Å². The van der Waals surface area contributed by atoms with E-state index in [1.54, 1.807) is 60.5 Å². The van der Waals surface area contributed by atoms with Crippen molar-refractivity contribution in [1.29, 1.82) is 0 Å². The van der Waals surface area contributed by atoms with Gasteiger partial charge in [0.1, 0.15) is 17.6 Å². The number of halogens is 1. The van der Waals surface area contributed by atoms with E-state index in [-0.39, 0.29) is 24.1 Å². The van der Waals surface area contributed by atoms with E-state index in [4.69, 9.17) is 25.8 Å². The van der Waals surface area contributed by atoms with Gasteiger partial charge in [-0.1, -0.05) is 38.8 Å². The van der Waals surface area contributed by atoms with E-state index in [0.29, 0.717) is 45.8 Å². The number of nitrogens with zero attached hydrogens (tertiary/aromatic N) is 2. The minimum Gasteiger partial charge on any atom is -0.493 e. The number of anilines is 2. The number of hydrogen-bond acceptors (Lipinski definition) is 6. The van der Waals surface area contributed by atoms with E-state index >= 15 is 0 Å². The zero-order chi connectivity index (χ0) is 33.8. The van der Waals surface area contributed by atoms with Crippen LogP contribution in [0.3, 0.4) is 0 Å². The third kappa shape index (κ3) is 10.0. The van der Waals surface area contributed by atoms with Gasteiger partial charge in [-0.3, -0.25) is 4.79 Å². The molecule has 1 aliphatic rings. The number of ether oxygens (including phenoxy) is 3. The molecule has 9 nitrogen and oxygen atoms in total. The molecule has 1 heterocycles. The molecule has 0 saturated carbocycles. The Morgan fingerprint density at radius 2 is 1.64 bits per heavy atom. The third-order valence-electron chi connectivity index (χ3n) is 8.51. The van der Waals surface area contributed by atoms with Crippen LogP contribution in [0.15, 0.2) is 60.7 Å². The number of likely N-dealkylation sites (tertiary alicyclic amines) is 1. The largest absolute Gasteiger partial charge is 0.493 e. The smallest absolute Gasteiger partial charge is 0.319 e. The third-order valence-corrected chi connectivity index (χ3v) is 8.81. The maximum Gasteiger partial charge on any atom is 0.319 e. The lowest BCUT2D eigenvalue weighted by atomic mass is 10.1. The van der Waals surface area contributed by atoms with Crippen molar-refractivity contribution in [3.63, 3.8) is 0 Å². The standard InChI is InChI=1S/C37H49ClN4O5/c1-6-10-21-41-22-19-31(20-23-41)46-33-17-11-26(24-32(33)38)36(43)42(9-4)29-13-15-30(16-14-29)47-34-18-12-28(25-35(34)45-5)40-37(44)39-27(7-2)8-3/h11-18,24-25,27,31H,6-10,19-23H2,1-5H3,(H2,39,40,44). The van der Waals surface area contributed by atoms with Crippen molar-refractivity contribution in [3.05, 3.63) is 71.2 Å². The van der Waals surface area contributed by atoms with Gasteiger partial charge in [0.25, 0.3) is 5.91 Å². The van der Waals surface area contributed by atoms with Crippen LogP contribution in [0, 0.1) is 0 Å². The van der Waals surface area contributed by atoms with Crippen molar-refractivity contribution in [2.45, 2.75) is 78.4 Å². The molecule has 0 unspecified atom stereocenters. The van der Waals surface area contributed by atoms with Crippen LogP contribution in [-0.4, -0.2) is 62.3 Å². The summed E-state index contributed by atoms with van der Waals surface area (Å²) in [5.74, 6) is 2.00. The average Bonchev–Trinajstić information content (AvgIpc) is 3.09. The number of hydrogen-bond donors (Lipinski definition) is 2. The number of urea groups is 1. The van der Waals surface area contributed by atoms with E-state index in [2.05, 4.69) is 22.5 Å². The van der Waals surface area contributed by atoms with Crippen molar-refractivity contribution in [2.24, 2.45) is 0 Å². The van der Waals surface area contributed by atoms with Crippen LogP contribution in [-0.2, 0) is 0 Å². The first-order chi connectivity index (χ1) is 22.8. The maximum atomic E-state index is 13.6. The predicted molar refractivity (Wildman–Crippen MR) is 190 cm³/mol. The summed E-state index contributed by atoms with van der Waals surface area (Å²) in [5, 5.41) is 6.24. The Balaban J connectivity index is 1.36. The predicted octanol–water partition coefficient (Wildman–Crippen LogP) is 8.76. The van der Waals surface area contributed by atoms with E-state index in [0.717, 1.165) is 51.0 Å². The van der Waals surface area contributed by atoms with Crippen molar-refractivity contribution in [2.75, 3.05) is 43.5 Å². The van der Waals surface area contributed by atoms with E-state index in [1.165, 1.54) is 12.8 Å². The highest BCUT2D eigenvalue weighted by Gasteiger charge is 2.23. The maximum absolute atomic E-state index is 13.6. The summed E-state index contributed by atoms with van der Waals surface area (Å²) in [6.07, 6.45) is 6.21. The number of rotatable bonds is 15. The Morgan fingerprint density at radius 1 is 0.936 bits per heavy atom. The molecular formula is C37H49ClN4O5. The molecule has 0 spiro atoms.